The standard InChI is InChI=1S/C13H17F3N2S2/c1-3-8(7-20-2)18-9-4-5-11(13(14,15)16)10(6-9)12(17)19/h4-6,8,18H,3,7H2,1-2H3,(H2,17,19). The zero-order valence-corrected chi connectivity index (χ0v) is 12.9. The zero-order chi connectivity index (χ0) is 15.3. The largest absolute Gasteiger partial charge is 0.417 e. The molecule has 1 rings (SSSR count). The first-order valence-corrected chi connectivity index (χ1v) is 7.86. The molecule has 0 saturated carbocycles. The number of nitrogens with one attached hydrogen (secondary N) is 1. The molecule has 0 fully saturated rings. The van der Waals surface area contributed by atoms with Gasteiger partial charge >= 0.3 is 6.18 Å². The van der Waals surface area contributed by atoms with Crippen LogP contribution in [-0.2, 0) is 6.18 Å². The molecule has 112 valence electrons. The van der Waals surface area contributed by atoms with E-state index in [-0.39, 0.29) is 16.6 Å². The van der Waals surface area contributed by atoms with Crippen LogP contribution >= 0.6 is 24.0 Å². The van der Waals surface area contributed by atoms with E-state index in [0.717, 1.165) is 18.2 Å². The van der Waals surface area contributed by atoms with E-state index in [1.807, 2.05) is 13.2 Å². The molecule has 3 N–H and O–H groups in total. The third kappa shape index (κ3) is 4.56. The number of hydrogen-bond donors (Lipinski definition) is 2. The number of thioether (sulfide) groups is 1. The summed E-state index contributed by atoms with van der Waals surface area (Å²) < 4.78 is 38.6. The van der Waals surface area contributed by atoms with Gasteiger partial charge in [0.25, 0.3) is 0 Å². The minimum absolute atomic E-state index is 0.142. The molecule has 20 heavy (non-hydrogen) atoms. The zero-order valence-electron chi connectivity index (χ0n) is 11.3. The van der Waals surface area contributed by atoms with Gasteiger partial charge in [0.2, 0.25) is 0 Å². The molecule has 0 spiro atoms. The van der Waals surface area contributed by atoms with Crippen molar-refractivity contribution in [1.82, 2.24) is 0 Å². The Morgan fingerprint density at radius 2 is 2.10 bits per heavy atom. The van der Waals surface area contributed by atoms with E-state index in [9.17, 15) is 13.2 Å². The molecule has 1 atom stereocenters. The Bertz CT molecular complexity index is 475. The van der Waals surface area contributed by atoms with Gasteiger partial charge in [-0.2, -0.15) is 24.9 Å². The predicted octanol–water partition coefficient (Wildman–Crippen LogP) is 3.89. The summed E-state index contributed by atoms with van der Waals surface area (Å²) >= 11 is 6.40. The molecular weight excluding hydrogens is 305 g/mol. The van der Waals surface area contributed by atoms with Crippen molar-refractivity contribution < 1.29 is 13.2 Å². The second kappa shape index (κ2) is 7.17. The highest BCUT2D eigenvalue weighted by Crippen LogP contribution is 2.33. The van der Waals surface area contributed by atoms with Crippen LogP contribution in [0.5, 0.6) is 0 Å². The first-order chi connectivity index (χ1) is 9.29. The van der Waals surface area contributed by atoms with Crippen molar-refractivity contribution in [2.24, 2.45) is 5.73 Å². The quantitative estimate of drug-likeness (QED) is 0.779. The maximum absolute atomic E-state index is 12.9. The molecule has 0 amide bonds. The lowest BCUT2D eigenvalue weighted by atomic mass is 10.1. The van der Waals surface area contributed by atoms with Crippen molar-refractivity contribution in [3.63, 3.8) is 0 Å². The molecule has 0 aliphatic carbocycles. The van der Waals surface area contributed by atoms with E-state index in [1.165, 1.54) is 12.1 Å². The number of nitrogens with two attached hydrogens (primary N) is 1. The summed E-state index contributed by atoms with van der Waals surface area (Å²) in [6, 6.07) is 3.99. The van der Waals surface area contributed by atoms with Gasteiger partial charge < -0.3 is 11.1 Å². The van der Waals surface area contributed by atoms with Gasteiger partial charge in [0, 0.05) is 23.0 Å². The van der Waals surface area contributed by atoms with Crippen molar-refractivity contribution in [3.05, 3.63) is 29.3 Å². The SMILES string of the molecule is CCC(CSC)Nc1ccc(C(F)(F)F)c(C(N)=S)c1. The fourth-order valence-corrected chi connectivity index (χ4v) is 2.67. The monoisotopic (exact) mass is 322 g/mol. The summed E-state index contributed by atoms with van der Waals surface area (Å²) in [5, 5.41) is 3.20. The second-order valence-electron chi connectivity index (χ2n) is 4.33. The summed E-state index contributed by atoms with van der Waals surface area (Å²) in [6.45, 7) is 2.02. The van der Waals surface area contributed by atoms with Crippen LogP contribution in [0.4, 0.5) is 18.9 Å². The molecule has 0 saturated heterocycles. The van der Waals surface area contributed by atoms with Crippen molar-refractivity contribution in [2.45, 2.75) is 25.6 Å². The molecule has 1 unspecified atom stereocenters. The number of halogens is 3. The van der Waals surface area contributed by atoms with Crippen LogP contribution in [0, 0.1) is 0 Å². The van der Waals surface area contributed by atoms with Crippen molar-refractivity contribution in [2.75, 3.05) is 17.3 Å². The molecule has 2 nitrogen and oxygen atoms in total. The lowest BCUT2D eigenvalue weighted by molar-refractivity contribution is -0.137. The van der Waals surface area contributed by atoms with E-state index >= 15 is 0 Å². The van der Waals surface area contributed by atoms with Gasteiger partial charge in [0.05, 0.1) is 5.56 Å². The first-order valence-electron chi connectivity index (χ1n) is 6.06. The molecule has 7 heteroatoms. The molecule has 0 radical (unpaired) electrons. The number of thiocarbonyl (C=S) groups is 1. The highest BCUT2D eigenvalue weighted by Gasteiger charge is 2.34. The topological polar surface area (TPSA) is 38.0 Å². The van der Waals surface area contributed by atoms with Crippen molar-refractivity contribution in [3.8, 4) is 0 Å². The smallest absolute Gasteiger partial charge is 0.389 e. The molecule has 0 aliphatic rings. The van der Waals surface area contributed by atoms with Crippen LogP contribution in [-0.4, -0.2) is 23.0 Å². The third-order valence-corrected chi connectivity index (χ3v) is 3.78. The molecule has 0 aromatic heterocycles. The van der Waals surface area contributed by atoms with Crippen LogP contribution in [0.3, 0.4) is 0 Å². The minimum atomic E-state index is -4.46. The van der Waals surface area contributed by atoms with Crippen LogP contribution in [0.1, 0.15) is 24.5 Å². The highest BCUT2D eigenvalue weighted by atomic mass is 32.2. The van der Waals surface area contributed by atoms with Crippen LogP contribution in [0.25, 0.3) is 0 Å². The Morgan fingerprint density at radius 3 is 2.55 bits per heavy atom. The van der Waals surface area contributed by atoms with Crippen molar-refractivity contribution >= 4 is 34.7 Å². The number of anilines is 1. The van der Waals surface area contributed by atoms with Gasteiger partial charge in [-0.05, 0) is 30.9 Å². The van der Waals surface area contributed by atoms with E-state index in [2.05, 4.69) is 5.32 Å². The van der Waals surface area contributed by atoms with Gasteiger partial charge in [-0.1, -0.05) is 19.1 Å². The van der Waals surface area contributed by atoms with Crippen LogP contribution < -0.4 is 11.1 Å². The van der Waals surface area contributed by atoms with Gasteiger partial charge in [-0.3, -0.25) is 0 Å². The van der Waals surface area contributed by atoms with Crippen molar-refractivity contribution in [1.29, 1.82) is 0 Å². The predicted molar refractivity (Wildman–Crippen MR) is 83.4 cm³/mol. The lowest BCUT2D eigenvalue weighted by Crippen LogP contribution is -2.23. The summed E-state index contributed by atoms with van der Waals surface area (Å²) in [5.41, 5.74) is 5.06. The number of hydrogen-bond acceptors (Lipinski definition) is 3. The number of benzene rings is 1. The summed E-state index contributed by atoms with van der Waals surface area (Å²) in [4.78, 5) is -0.251. The molecule has 0 bridgehead atoms. The summed E-state index contributed by atoms with van der Waals surface area (Å²) in [7, 11) is 0. The van der Waals surface area contributed by atoms with Crippen LogP contribution in [0.15, 0.2) is 18.2 Å². The number of alkyl halides is 3. The van der Waals surface area contributed by atoms with Gasteiger partial charge in [0.15, 0.2) is 0 Å². The minimum Gasteiger partial charge on any atom is -0.389 e. The van der Waals surface area contributed by atoms with Gasteiger partial charge in [-0.15, -0.1) is 0 Å². The summed E-state index contributed by atoms with van der Waals surface area (Å²) in [6.07, 6.45) is -1.59. The van der Waals surface area contributed by atoms with E-state index in [4.69, 9.17) is 18.0 Å². The average Bonchev–Trinajstić information content (AvgIpc) is 2.36. The van der Waals surface area contributed by atoms with E-state index in [0.29, 0.717) is 5.69 Å². The Balaban J connectivity index is 3.08. The molecule has 1 aromatic rings. The highest BCUT2D eigenvalue weighted by molar-refractivity contribution is 7.98. The maximum Gasteiger partial charge on any atom is 0.417 e. The normalized spacial score (nSPS) is 13.1. The fourth-order valence-electron chi connectivity index (χ4n) is 1.78. The lowest BCUT2D eigenvalue weighted by Gasteiger charge is -2.19. The fraction of sp³-hybridized carbons (Fsp3) is 0.462. The molecule has 0 heterocycles. The van der Waals surface area contributed by atoms with Gasteiger partial charge in [-0.25, -0.2) is 0 Å². The van der Waals surface area contributed by atoms with Gasteiger partial charge in [0.1, 0.15) is 4.99 Å². The Kier molecular flexibility index (Phi) is 6.13. The third-order valence-electron chi connectivity index (χ3n) is 2.82. The maximum atomic E-state index is 12.9. The average molecular weight is 322 g/mol. The van der Waals surface area contributed by atoms with E-state index in [1.54, 1.807) is 11.8 Å². The molecule has 1 aromatic carbocycles. The Morgan fingerprint density at radius 1 is 1.45 bits per heavy atom. The van der Waals surface area contributed by atoms with E-state index < -0.39 is 11.7 Å². The summed E-state index contributed by atoms with van der Waals surface area (Å²) in [5.74, 6) is 0.875. The Hall–Kier alpha value is -0.950. The molecule has 0 aliphatic heterocycles. The van der Waals surface area contributed by atoms with Crippen LogP contribution in [0.2, 0.25) is 0 Å². The second-order valence-corrected chi connectivity index (χ2v) is 5.68. The number of rotatable bonds is 6. The molecular formula is C13H17F3N2S2. The Labute approximate surface area is 126 Å². The first kappa shape index (κ1) is 17.1.